The minimum Gasteiger partial charge on any atom is -0.484 e. The van der Waals surface area contributed by atoms with Gasteiger partial charge in [-0.05, 0) is 41.7 Å². The van der Waals surface area contributed by atoms with Gasteiger partial charge in [0, 0.05) is 13.1 Å². The lowest BCUT2D eigenvalue weighted by Crippen LogP contribution is -2.41. The second-order valence-corrected chi connectivity index (χ2v) is 5.88. The van der Waals surface area contributed by atoms with Crippen molar-refractivity contribution in [2.75, 3.05) is 19.7 Å². The Kier molecular flexibility index (Phi) is 4.09. The molecule has 2 aromatic rings. The van der Waals surface area contributed by atoms with Crippen molar-refractivity contribution in [1.82, 2.24) is 4.90 Å². The van der Waals surface area contributed by atoms with Crippen LogP contribution in [0.3, 0.4) is 0 Å². The zero-order valence-corrected chi connectivity index (χ0v) is 12.4. The van der Waals surface area contributed by atoms with Gasteiger partial charge in [-0.15, -0.1) is 0 Å². The molecule has 0 spiro atoms. The normalized spacial score (nSPS) is 18.7. The molecular formula is C18H21NO2. The number of hydrogen-bond donors (Lipinski definition) is 0. The number of likely N-dealkylation sites (tertiary alicyclic amines) is 1. The highest BCUT2D eigenvalue weighted by Gasteiger charge is 2.21. The fourth-order valence-electron chi connectivity index (χ4n) is 2.91. The Morgan fingerprint density at radius 1 is 1.24 bits per heavy atom. The number of piperidine rings is 1. The van der Waals surface area contributed by atoms with Gasteiger partial charge in [-0.3, -0.25) is 4.79 Å². The molecule has 1 atom stereocenters. The van der Waals surface area contributed by atoms with Crippen molar-refractivity contribution in [1.29, 1.82) is 0 Å². The van der Waals surface area contributed by atoms with Crippen molar-refractivity contribution < 1.29 is 9.53 Å². The molecule has 3 rings (SSSR count). The number of benzene rings is 2. The highest BCUT2D eigenvalue weighted by molar-refractivity contribution is 5.84. The largest absolute Gasteiger partial charge is 0.484 e. The lowest BCUT2D eigenvalue weighted by molar-refractivity contribution is -0.135. The Morgan fingerprint density at radius 2 is 2.05 bits per heavy atom. The molecule has 21 heavy (non-hydrogen) atoms. The summed E-state index contributed by atoms with van der Waals surface area (Å²) in [6.07, 6.45) is 2.32. The topological polar surface area (TPSA) is 29.5 Å². The molecule has 0 aliphatic carbocycles. The quantitative estimate of drug-likeness (QED) is 0.863. The number of carbonyl (C=O) groups excluding carboxylic acids is 1. The van der Waals surface area contributed by atoms with E-state index < -0.39 is 0 Å². The molecule has 1 aliphatic rings. The van der Waals surface area contributed by atoms with E-state index in [1.807, 2.05) is 35.2 Å². The van der Waals surface area contributed by atoms with E-state index in [4.69, 9.17) is 4.74 Å². The summed E-state index contributed by atoms with van der Waals surface area (Å²) >= 11 is 0. The van der Waals surface area contributed by atoms with Crippen LogP contribution in [0.2, 0.25) is 0 Å². The third-order valence-electron chi connectivity index (χ3n) is 4.09. The van der Waals surface area contributed by atoms with Crippen LogP contribution in [0.25, 0.3) is 10.8 Å². The average Bonchev–Trinajstić information content (AvgIpc) is 2.52. The first-order chi connectivity index (χ1) is 10.2. The first-order valence-electron chi connectivity index (χ1n) is 7.62. The number of nitrogens with zero attached hydrogens (tertiary/aromatic N) is 1. The lowest BCUT2D eigenvalue weighted by Gasteiger charge is -2.30. The van der Waals surface area contributed by atoms with E-state index in [1.165, 1.54) is 11.8 Å². The molecule has 110 valence electrons. The van der Waals surface area contributed by atoms with Gasteiger partial charge in [0.1, 0.15) is 5.75 Å². The van der Waals surface area contributed by atoms with Crippen molar-refractivity contribution in [3.8, 4) is 5.75 Å². The summed E-state index contributed by atoms with van der Waals surface area (Å²) in [7, 11) is 0. The van der Waals surface area contributed by atoms with E-state index in [9.17, 15) is 4.79 Å². The standard InChI is InChI=1S/C18H21NO2/c1-14-5-4-10-19(12-14)18(20)13-21-17-9-8-15-6-2-3-7-16(15)11-17/h2-3,6-9,11,14H,4-5,10,12-13H2,1H3/t14-/m0/s1. The summed E-state index contributed by atoms with van der Waals surface area (Å²) in [6, 6.07) is 14.1. The van der Waals surface area contributed by atoms with Gasteiger partial charge >= 0.3 is 0 Å². The number of fused-ring (bicyclic) bond motifs is 1. The highest BCUT2D eigenvalue weighted by atomic mass is 16.5. The van der Waals surface area contributed by atoms with Gasteiger partial charge in [0.15, 0.2) is 6.61 Å². The zero-order chi connectivity index (χ0) is 14.7. The van der Waals surface area contributed by atoms with Gasteiger partial charge in [-0.25, -0.2) is 0 Å². The molecule has 1 heterocycles. The van der Waals surface area contributed by atoms with Gasteiger partial charge in [-0.2, -0.15) is 0 Å². The number of amides is 1. The van der Waals surface area contributed by atoms with E-state index in [0.29, 0.717) is 5.92 Å². The fourth-order valence-corrected chi connectivity index (χ4v) is 2.91. The molecule has 0 N–H and O–H groups in total. The molecule has 0 saturated carbocycles. The Balaban J connectivity index is 1.61. The minimum atomic E-state index is 0.0923. The van der Waals surface area contributed by atoms with E-state index in [1.54, 1.807) is 0 Å². The van der Waals surface area contributed by atoms with E-state index in [0.717, 1.165) is 30.6 Å². The Bertz CT molecular complexity index is 638. The van der Waals surface area contributed by atoms with Crippen molar-refractivity contribution >= 4 is 16.7 Å². The summed E-state index contributed by atoms with van der Waals surface area (Å²) in [5, 5.41) is 2.31. The number of rotatable bonds is 3. The molecule has 1 amide bonds. The van der Waals surface area contributed by atoms with Crippen LogP contribution >= 0.6 is 0 Å². The summed E-state index contributed by atoms with van der Waals surface area (Å²) in [5.74, 6) is 1.45. The predicted octanol–water partition coefficient (Wildman–Crippen LogP) is 3.48. The maximum absolute atomic E-state index is 12.2. The first kappa shape index (κ1) is 13.9. The van der Waals surface area contributed by atoms with Gasteiger partial charge in [0.05, 0.1) is 0 Å². The third-order valence-corrected chi connectivity index (χ3v) is 4.09. The van der Waals surface area contributed by atoms with Crippen LogP contribution in [0, 0.1) is 5.92 Å². The van der Waals surface area contributed by atoms with Crippen LogP contribution in [-0.4, -0.2) is 30.5 Å². The maximum atomic E-state index is 12.2. The molecule has 3 nitrogen and oxygen atoms in total. The van der Waals surface area contributed by atoms with Crippen LogP contribution in [-0.2, 0) is 4.79 Å². The molecule has 0 radical (unpaired) electrons. The molecule has 1 aliphatic heterocycles. The van der Waals surface area contributed by atoms with Crippen LogP contribution in [0.1, 0.15) is 19.8 Å². The summed E-state index contributed by atoms with van der Waals surface area (Å²) < 4.78 is 5.67. The summed E-state index contributed by atoms with van der Waals surface area (Å²) in [4.78, 5) is 14.1. The second-order valence-electron chi connectivity index (χ2n) is 5.88. The molecule has 1 saturated heterocycles. The summed E-state index contributed by atoms with van der Waals surface area (Å²) in [6.45, 7) is 4.05. The number of hydrogen-bond acceptors (Lipinski definition) is 2. The Morgan fingerprint density at radius 3 is 2.86 bits per heavy atom. The van der Waals surface area contributed by atoms with E-state index >= 15 is 0 Å². The molecule has 1 fully saturated rings. The smallest absolute Gasteiger partial charge is 0.260 e. The van der Waals surface area contributed by atoms with Crippen LogP contribution in [0.5, 0.6) is 5.75 Å². The van der Waals surface area contributed by atoms with Crippen LogP contribution in [0.15, 0.2) is 42.5 Å². The predicted molar refractivity (Wildman–Crippen MR) is 84.4 cm³/mol. The SMILES string of the molecule is C[C@H]1CCCN(C(=O)COc2ccc3ccccc3c2)C1. The first-order valence-corrected chi connectivity index (χ1v) is 7.62. The van der Waals surface area contributed by atoms with Crippen molar-refractivity contribution in [2.45, 2.75) is 19.8 Å². The highest BCUT2D eigenvalue weighted by Crippen LogP contribution is 2.21. The van der Waals surface area contributed by atoms with Crippen molar-refractivity contribution in [3.63, 3.8) is 0 Å². The van der Waals surface area contributed by atoms with Crippen molar-refractivity contribution in [3.05, 3.63) is 42.5 Å². The molecule has 3 heteroatoms. The second kappa shape index (κ2) is 6.17. The van der Waals surface area contributed by atoms with Gasteiger partial charge in [-0.1, -0.05) is 37.3 Å². The van der Waals surface area contributed by atoms with E-state index in [2.05, 4.69) is 19.1 Å². The van der Waals surface area contributed by atoms with Gasteiger partial charge in [0.2, 0.25) is 0 Å². The monoisotopic (exact) mass is 283 g/mol. The van der Waals surface area contributed by atoms with Gasteiger partial charge < -0.3 is 9.64 Å². The average molecular weight is 283 g/mol. The molecule has 2 aromatic carbocycles. The molecule has 0 bridgehead atoms. The van der Waals surface area contributed by atoms with Crippen molar-refractivity contribution in [2.24, 2.45) is 5.92 Å². The minimum absolute atomic E-state index is 0.0923. The fraction of sp³-hybridized carbons (Fsp3) is 0.389. The van der Waals surface area contributed by atoms with Crippen LogP contribution < -0.4 is 4.74 Å². The number of ether oxygens (including phenoxy) is 1. The molecular weight excluding hydrogens is 262 g/mol. The molecule has 0 aromatic heterocycles. The lowest BCUT2D eigenvalue weighted by atomic mass is 10.0. The Labute approximate surface area is 125 Å². The van der Waals surface area contributed by atoms with Crippen LogP contribution in [0.4, 0.5) is 0 Å². The Hall–Kier alpha value is -2.03. The third kappa shape index (κ3) is 3.35. The zero-order valence-electron chi connectivity index (χ0n) is 12.4. The maximum Gasteiger partial charge on any atom is 0.260 e. The summed E-state index contributed by atoms with van der Waals surface area (Å²) in [5.41, 5.74) is 0. The molecule has 0 unspecified atom stereocenters. The number of carbonyl (C=O) groups is 1. The van der Waals surface area contributed by atoms with Gasteiger partial charge in [0.25, 0.3) is 5.91 Å². The van der Waals surface area contributed by atoms with E-state index in [-0.39, 0.29) is 12.5 Å².